The maximum absolute atomic E-state index is 5.71. The third-order valence-electron chi connectivity index (χ3n) is 3.14. The van der Waals surface area contributed by atoms with Gasteiger partial charge in [-0.15, -0.1) is 6.58 Å². The summed E-state index contributed by atoms with van der Waals surface area (Å²) >= 11 is 1.55. The van der Waals surface area contributed by atoms with E-state index in [9.17, 15) is 0 Å². The molecule has 1 aliphatic rings. The van der Waals surface area contributed by atoms with Crippen LogP contribution in [0, 0.1) is 11.8 Å². The first kappa shape index (κ1) is 11.1. The normalized spacial score (nSPS) is 22.0. The second-order valence-electron chi connectivity index (χ2n) is 4.21. The van der Waals surface area contributed by atoms with Crippen LogP contribution in [0.3, 0.4) is 0 Å². The van der Waals surface area contributed by atoms with E-state index in [0.717, 1.165) is 12.3 Å². The minimum atomic E-state index is 0.642. The molecule has 0 aliphatic heterocycles. The van der Waals surface area contributed by atoms with Crippen molar-refractivity contribution in [3.63, 3.8) is 0 Å². The Labute approximate surface area is 86.3 Å². The quantitative estimate of drug-likeness (QED) is 0.524. The summed E-state index contributed by atoms with van der Waals surface area (Å²) in [7, 11) is 0. The fourth-order valence-corrected chi connectivity index (χ4v) is 2.66. The summed E-state index contributed by atoms with van der Waals surface area (Å²) in [6, 6.07) is 0. The molecule has 1 fully saturated rings. The number of rotatable bonds is 6. The largest absolute Gasteiger partial charge is 0.278 e. The summed E-state index contributed by atoms with van der Waals surface area (Å²) in [5.41, 5.74) is 0. The molecule has 2 atom stereocenters. The highest BCUT2D eigenvalue weighted by atomic mass is 32.2. The van der Waals surface area contributed by atoms with E-state index < -0.39 is 0 Å². The van der Waals surface area contributed by atoms with Crippen molar-refractivity contribution in [3.8, 4) is 0 Å². The number of nitrogens with two attached hydrogens (primary N) is 1. The Morgan fingerprint density at radius 1 is 1.62 bits per heavy atom. The summed E-state index contributed by atoms with van der Waals surface area (Å²) in [6.07, 6.45) is 8.71. The molecule has 0 aromatic carbocycles. The van der Waals surface area contributed by atoms with Crippen LogP contribution in [0.15, 0.2) is 12.7 Å². The highest BCUT2D eigenvalue weighted by Crippen LogP contribution is 2.35. The maximum atomic E-state index is 5.71. The van der Waals surface area contributed by atoms with Crippen LogP contribution in [-0.4, -0.2) is 5.25 Å². The predicted octanol–water partition coefficient (Wildman–Crippen LogP) is 3.36. The van der Waals surface area contributed by atoms with Gasteiger partial charge < -0.3 is 0 Å². The van der Waals surface area contributed by atoms with Gasteiger partial charge in [-0.3, -0.25) is 5.14 Å². The average Bonchev–Trinajstić information content (AvgIpc) is 2.03. The number of allylic oxidation sites excluding steroid dienone is 1. The van der Waals surface area contributed by atoms with Crippen LogP contribution in [0.1, 0.15) is 39.0 Å². The Morgan fingerprint density at radius 3 is 2.69 bits per heavy atom. The molecule has 0 spiro atoms. The van der Waals surface area contributed by atoms with Crippen LogP contribution in [0.2, 0.25) is 0 Å². The zero-order valence-electron chi connectivity index (χ0n) is 8.54. The van der Waals surface area contributed by atoms with E-state index in [2.05, 4.69) is 13.5 Å². The first-order valence-corrected chi connectivity index (χ1v) is 6.18. The number of hydrogen-bond acceptors (Lipinski definition) is 2. The van der Waals surface area contributed by atoms with E-state index in [-0.39, 0.29) is 0 Å². The van der Waals surface area contributed by atoms with E-state index in [1.807, 2.05) is 6.08 Å². The van der Waals surface area contributed by atoms with Crippen molar-refractivity contribution in [1.29, 1.82) is 0 Å². The summed E-state index contributed by atoms with van der Waals surface area (Å²) in [6.45, 7) is 6.06. The van der Waals surface area contributed by atoms with E-state index in [0.29, 0.717) is 11.2 Å². The lowest BCUT2D eigenvalue weighted by molar-refractivity contribution is 0.278. The molecule has 2 N–H and O–H groups in total. The fourth-order valence-electron chi connectivity index (χ4n) is 1.89. The standard InChI is InChI=1S/C11H21NS/c1-3-5-9(2)11(13-12)8-10-6-4-7-10/h3,9-11H,1,4-8,12H2,2H3. The van der Waals surface area contributed by atoms with Crippen molar-refractivity contribution in [2.75, 3.05) is 0 Å². The molecule has 0 amide bonds. The van der Waals surface area contributed by atoms with Crippen molar-refractivity contribution in [3.05, 3.63) is 12.7 Å². The minimum Gasteiger partial charge on any atom is -0.278 e. The molecular weight excluding hydrogens is 178 g/mol. The zero-order chi connectivity index (χ0) is 9.68. The fraction of sp³-hybridized carbons (Fsp3) is 0.818. The Bertz CT molecular complexity index is 154. The summed E-state index contributed by atoms with van der Waals surface area (Å²) in [4.78, 5) is 0. The lowest BCUT2D eigenvalue weighted by atomic mass is 9.80. The van der Waals surface area contributed by atoms with Gasteiger partial charge >= 0.3 is 0 Å². The highest BCUT2D eigenvalue weighted by molar-refractivity contribution is 7.97. The van der Waals surface area contributed by atoms with Crippen molar-refractivity contribution >= 4 is 11.9 Å². The van der Waals surface area contributed by atoms with Crippen LogP contribution in [0.4, 0.5) is 0 Å². The zero-order valence-corrected chi connectivity index (χ0v) is 9.35. The maximum Gasteiger partial charge on any atom is 0.0221 e. The molecular formula is C11H21NS. The molecule has 0 saturated heterocycles. The first-order valence-electron chi connectivity index (χ1n) is 5.24. The molecule has 2 heteroatoms. The minimum absolute atomic E-state index is 0.642. The van der Waals surface area contributed by atoms with Crippen molar-refractivity contribution in [2.24, 2.45) is 17.0 Å². The molecule has 13 heavy (non-hydrogen) atoms. The van der Waals surface area contributed by atoms with Gasteiger partial charge in [-0.05, 0) is 24.7 Å². The molecule has 0 bridgehead atoms. The van der Waals surface area contributed by atoms with Crippen LogP contribution >= 0.6 is 11.9 Å². The molecule has 0 aromatic rings. The van der Waals surface area contributed by atoms with E-state index >= 15 is 0 Å². The van der Waals surface area contributed by atoms with Gasteiger partial charge in [-0.2, -0.15) is 0 Å². The molecule has 1 saturated carbocycles. The Kier molecular flexibility index (Phi) is 4.89. The predicted molar refractivity (Wildman–Crippen MR) is 61.5 cm³/mol. The second-order valence-corrected chi connectivity index (χ2v) is 5.09. The van der Waals surface area contributed by atoms with Gasteiger partial charge in [-0.1, -0.05) is 44.2 Å². The van der Waals surface area contributed by atoms with Crippen LogP contribution in [-0.2, 0) is 0 Å². The van der Waals surface area contributed by atoms with Gasteiger partial charge in [0.25, 0.3) is 0 Å². The second kappa shape index (κ2) is 5.71. The smallest absolute Gasteiger partial charge is 0.0221 e. The van der Waals surface area contributed by atoms with Gasteiger partial charge in [0.15, 0.2) is 0 Å². The van der Waals surface area contributed by atoms with Crippen LogP contribution in [0.25, 0.3) is 0 Å². The lowest BCUT2D eigenvalue weighted by Gasteiger charge is -2.31. The van der Waals surface area contributed by atoms with Gasteiger partial charge in [0, 0.05) is 5.25 Å². The van der Waals surface area contributed by atoms with Crippen LogP contribution in [0.5, 0.6) is 0 Å². The summed E-state index contributed by atoms with van der Waals surface area (Å²) in [5.74, 6) is 1.65. The monoisotopic (exact) mass is 199 g/mol. The van der Waals surface area contributed by atoms with Crippen molar-refractivity contribution < 1.29 is 0 Å². The van der Waals surface area contributed by atoms with E-state index in [4.69, 9.17) is 5.14 Å². The molecule has 2 unspecified atom stereocenters. The highest BCUT2D eigenvalue weighted by Gasteiger charge is 2.24. The van der Waals surface area contributed by atoms with Gasteiger partial charge in [0.05, 0.1) is 0 Å². The SMILES string of the molecule is C=CCC(C)C(CC1CCC1)SN. The van der Waals surface area contributed by atoms with Crippen molar-refractivity contribution in [2.45, 2.75) is 44.3 Å². The third kappa shape index (κ3) is 3.35. The summed E-state index contributed by atoms with van der Waals surface area (Å²) in [5, 5.41) is 6.36. The molecule has 1 rings (SSSR count). The molecule has 76 valence electrons. The van der Waals surface area contributed by atoms with Gasteiger partial charge in [0.1, 0.15) is 0 Å². The van der Waals surface area contributed by atoms with E-state index in [1.165, 1.54) is 25.7 Å². The Balaban J connectivity index is 2.26. The summed E-state index contributed by atoms with van der Waals surface area (Å²) < 4.78 is 0. The Hall–Kier alpha value is 0.0500. The Morgan fingerprint density at radius 2 is 2.31 bits per heavy atom. The average molecular weight is 199 g/mol. The van der Waals surface area contributed by atoms with Crippen molar-refractivity contribution in [1.82, 2.24) is 0 Å². The number of hydrogen-bond donors (Lipinski definition) is 1. The lowest BCUT2D eigenvalue weighted by Crippen LogP contribution is -2.23. The molecule has 0 radical (unpaired) electrons. The van der Waals surface area contributed by atoms with Gasteiger partial charge in [-0.25, -0.2) is 0 Å². The topological polar surface area (TPSA) is 26.0 Å². The molecule has 1 nitrogen and oxygen atoms in total. The molecule has 1 aliphatic carbocycles. The van der Waals surface area contributed by atoms with Crippen LogP contribution < -0.4 is 5.14 Å². The molecule has 0 heterocycles. The first-order chi connectivity index (χ1) is 6.27. The molecule has 0 aromatic heterocycles. The van der Waals surface area contributed by atoms with E-state index in [1.54, 1.807) is 11.9 Å². The van der Waals surface area contributed by atoms with Gasteiger partial charge in [0.2, 0.25) is 0 Å². The third-order valence-corrected chi connectivity index (χ3v) is 4.14.